The smallest absolute Gasteiger partial charge is 0.123 e. The Morgan fingerprint density at radius 1 is 1.20 bits per heavy atom. The first kappa shape index (κ1) is 17.0. The van der Waals surface area contributed by atoms with Gasteiger partial charge in [0.2, 0.25) is 0 Å². The Bertz CT molecular complexity index is 385. The number of hydrogen-bond donors (Lipinski definition) is 1. The van der Waals surface area contributed by atoms with Crippen LogP contribution in [0, 0.1) is 5.92 Å². The lowest BCUT2D eigenvalue weighted by atomic mass is 9.81. The van der Waals surface area contributed by atoms with Crippen molar-refractivity contribution in [2.24, 2.45) is 5.92 Å². The van der Waals surface area contributed by atoms with Crippen LogP contribution in [0.5, 0.6) is 5.75 Å². The Hall–Kier alpha value is -1.02. The molecule has 0 bridgehead atoms. The number of hydrogen-bond acceptors (Lipinski definition) is 2. The molecule has 0 aliphatic carbocycles. The van der Waals surface area contributed by atoms with Gasteiger partial charge in [-0.1, -0.05) is 52.8 Å². The van der Waals surface area contributed by atoms with Crippen molar-refractivity contribution in [3.63, 3.8) is 0 Å². The van der Waals surface area contributed by atoms with Gasteiger partial charge in [0.15, 0.2) is 0 Å². The van der Waals surface area contributed by atoms with E-state index in [1.54, 1.807) is 0 Å². The number of benzene rings is 1. The molecule has 0 heterocycles. The molecule has 0 unspecified atom stereocenters. The summed E-state index contributed by atoms with van der Waals surface area (Å²) in [6, 6.07) is 8.46. The van der Waals surface area contributed by atoms with E-state index < -0.39 is 0 Å². The maximum atomic E-state index is 5.90. The molecule has 0 radical (unpaired) electrons. The van der Waals surface area contributed by atoms with Gasteiger partial charge in [-0.25, -0.2) is 0 Å². The minimum absolute atomic E-state index is 0.133. The third kappa shape index (κ3) is 5.54. The maximum absolute atomic E-state index is 5.90. The van der Waals surface area contributed by atoms with Gasteiger partial charge < -0.3 is 10.1 Å². The minimum atomic E-state index is 0.133. The van der Waals surface area contributed by atoms with Crippen LogP contribution in [-0.2, 0) is 5.41 Å². The Morgan fingerprint density at radius 3 is 2.55 bits per heavy atom. The van der Waals surface area contributed by atoms with Crippen LogP contribution in [0.4, 0.5) is 0 Å². The summed E-state index contributed by atoms with van der Waals surface area (Å²) in [4.78, 5) is 0. The molecule has 0 aliphatic rings. The Balaban J connectivity index is 2.65. The van der Waals surface area contributed by atoms with E-state index in [0.29, 0.717) is 5.92 Å². The van der Waals surface area contributed by atoms with Crippen LogP contribution in [0.25, 0.3) is 0 Å². The summed E-state index contributed by atoms with van der Waals surface area (Å²) in [6.07, 6.45) is 2.16. The molecule has 0 aromatic heterocycles. The molecule has 0 amide bonds. The van der Waals surface area contributed by atoms with Gasteiger partial charge >= 0.3 is 0 Å². The molecule has 1 rings (SSSR count). The van der Waals surface area contributed by atoms with Crippen LogP contribution >= 0.6 is 0 Å². The van der Waals surface area contributed by atoms with E-state index in [1.807, 2.05) is 0 Å². The van der Waals surface area contributed by atoms with Gasteiger partial charge in [0.05, 0.1) is 6.61 Å². The Kier molecular flexibility index (Phi) is 7.08. The second-order valence-electron chi connectivity index (χ2n) is 6.58. The fraction of sp³-hybridized carbons (Fsp3) is 0.667. The first-order valence-corrected chi connectivity index (χ1v) is 7.90. The van der Waals surface area contributed by atoms with Crippen LogP contribution in [0.3, 0.4) is 0 Å². The molecule has 1 aromatic carbocycles. The highest BCUT2D eigenvalue weighted by Gasteiger charge is 2.23. The zero-order chi connectivity index (χ0) is 15.0. The lowest BCUT2D eigenvalue weighted by Crippen LogP contribution is -2.28. The fourth-order valence-electron chi connectivity index (χ4n) is 2.29. The monoisotopic (exact) mass is 277 g/mol. The Morgan fingerprint density at radius 2 is 1.90 bits per heavy atom. The average molecular weight is 277 g/mol. The number of nitrogens with one attached hydrogen (secondary N) is 1. The molecule has 2 nitrogen and oxygen atoms in total. The third-order valence-corrected chi connectivity index (χ3v) is 3.56. The molecule has 0 saturated heterocycles. The largest absolute Gasteiger partial charge is 0.493 e. The first-order valence-electron chi connectivity index (χ1n) is 7.90. The summed E-state index contributed by atoms with van der Waals surface area (Å²) in [6.45, 7) is 14.2. The zero-order valence-corrected chi connectivity index (χ0v) is 13.8. The first-order chi connectivity index (χ1) is 9.47. The average Bonchev–Trinajstić information content (AvgIpc) is 2.41. The summed E-state index contributed by atoms with van der Waals surface area (Å²) < 4.78 is 5.90. The third-order valence-electron chi connectivity index (χ3n) is 3.56. The van der Waals surface area contributed by atoms with Gasteiger partial charge in [0, 0.05) is 0 Å². The van der Waals surface area contributed by atoms with Crippen molar-refractivity contribution in [2.75, 3.05) is 19.7 Å². The molecular formula is C18H31NO. The lowest BCUT2D eigenvalue weighted by Gasteiger charge is -2.28. The van der Waals surface area contributed by atoms with Crippen LogP contribution in [0.15, 0.2) is 24.3 Å². The highest BCUT2D eigenvalue weighted by Crippen LogP contribution is 2.34. The van der Waals surface area contributed by atoms with E-state index in [-0.39, 0.29) is 5.41 Å². The highest BCUT2D eigenvalue weighted by molar-refractivity contribution is 5.38. The van der Waals surface area contributed by atoms with Gasteiger partial charge in [0.25, 0.3) is 0 Å². The fourth-order valence-corrected chi connectivity index (χ4v) is 2.29. The van der Waals surface area contributed by atoms with Crippen molar-refractivity contribution >= 4 is 0 Å². The summed E-state index contributed by atoms with van der Waals surface area (Å²) in [5.41, 5.74) is 1.45. The van der Waals surface area contributed by atoms with Gasteiger partial charge in [-0.3, -0.25) is 0 Å². The van der Waals surface area contributed by atoms with E-state index in [4.69, 9.17) is 4.74 Å². The standard InChI is InChI=1S/C18H31NO/c1-6-13-20-17-10-8-7-9-16(17)18(4,5)11-12-19-14-15(2)3/h7-10,15,19H,6,11-14H2,1-5H3. The highest BCUT2D eigenvalue weighted by atomic mass is 16.5. The van der Waals surface area contributed by atoms with Crippen LogP contribution < -0.4 is 10.1 Å². The van der Waals surface area contributed by atoms with Gasteiger partial charge in [-0.05, 0) is 48.9 Å². The zero-order valence-electron chi connectivity index (χ0n) is 13.8. The quantitative estimate of drug-likeness (QED) is 0.676. The van der Waals surface area contributed by atoms with E-state index >= 15 is 0 Å². The molecular weight excluding hydrogens is 246 g/mol. The van der Waals surface area contributed by atoms with Gasteiger partial charge in [-0.2, -0.15) is 0 Å². The summed E-state index contributed by atoms with van der Waals surface area (Å²) in [7, 11) is 0. The SMILES string of the molecule is CCCOc1ccccc1C(C)(C)CCNCC(C)C. The predicted molar refractivity (Wildman–Crippen MR) is 87.6 cm³/mol. The number of rotatable bonds is 9. The molecule has 20 heavy (non-hydrogen) atoms. The molecule has 2 heteroatoms. The Labute approximate surface area is 124 Å². The predicted octanol–water partition coefficient (Wildman–Crippen LogP) is 4.39. The summed E-state index contributed by atoms with van der Waals surface area (Å²) in [5.74, 6) is 1.75. The molecule has 0 spiro atoms. The van der Waals surface area contributed by atoms with Crippen LogP contribution in [-0.4, -0.2) is 19.7 Å². The molecule has 0 aliphatic heterocycles. The van der Waals surface area contributed by atoms with Gasteiger partial charge in [0.1, 0.15) is 5.75 Å². The molecule has 0 atom stereocenters. The normalized spacial score (nSPS) is 11.9. The second kappa shape index (κ2) is 8.31. The van der Waals surface area contributed by atoms with Crippen molar-refractivity contribution in [1.29, 1.82) is 0 Å². The maximum Gasteiger partial charge on any atom is 0.123 e. The summed E-state index contributed by atoms with van der Waals surface area (Å²) in [5, 5.41) is 3.53. The van der Waals surface area contributed by atoms with Crippen LogP contribution in [0.1, 0.15) is 53.0 Å². The van der Waals surface area contributed by atoms with Crippen LogP contribution in [0.2, 0.25) is 0 Å². The molecule has 0 saturated carbocycles. The number of ether oxygens (including phenoxy) is 1. The van der Waals surface area contributed by atoms with Crippen molar-refractivity contribution in [2.45, 2.75) is 52.9 Å². The van der Waals surface area contributed by atoms with Crippen molar-refractivity contribution < 1.29 is 4.74 Å². The summed E-state index contributed by atoms with van der Waals surface area (Å²) >= 11 is 0. The molecule has 0 fully saturated rings. The van der Waals surface area contributed by atoms with Gasteiger partial charge in [-0.15, -0.1) is 0 Å². The lowest BCUT2D eigenvalue weighted by molar-refractivity contribution is 0.304. The molecule has 1 N–H and O–H groups in total. The topological polar surface area (TPSA) is 21.3 Å². The van der Waals surface area contributed by atoms with E-state index in [2.05, 4.69) is 64.2 Å². The van der Waals surface area contributed by atoms with E-state index in [9.17, 15) is 0 Å². The number of para-hydroxylation sites is 1. The van der Waals surface area contributed by atoms with Crippen molar-refractivity contribution in [3.05, 3.63) is 29.8 Å². The molecule has 114 valence electrons. The van der Waals surface area contributed by atoms with Crippen molar-refractivity contribution in [3.8, 4) is 5.75 Å². The van der Waals surface area contributed by atoms with Crippen molar-refractivity contribution in [1.82, 2.24) is 5.32 Å². The minimum Gasteiger partial charge on any atom is -0.493 e. The van der Waals surface area contributed by atoms with E-state index in [1.165, 1.54) is 5.56 Å². The van der Waals surface area contributed by atoms with E-state index in [0.717, 1.165) is 38.3 Å². The second-order valence-corrected chi connectivity index (χ2v) is 6.58. The molecule has 1 aromatic rings.